The van der Waals surface area contributed by atoms with E-state index in [1.807, 2.05) is 0 Å². The van der Waals surface area contributed by atoms with Crippen LogP contribution in [0.15, 0.2) is 12.8 Å². The number of ketones is 1. The van der Waals surface area contributed by atoms with Crippen LogP contribution in [0.4, 0.5) is 0 Å². The molecule has 4 N–H and O–H groups in total. The number of hydrogen-bond donors (Lipinski definition) is 4. The van der Waals surface area contributed by atoms with Crippen LogP contribution in [0.5, 0.6) is 0 Å². The zero-order valence-corrected chi connectivity index (χ0v) is 17.8. The van der Waals surface area contributed by atoms with Crippen LogP contribution in [0.1, 0.15) is 34.1 Å². The molecule has 1 amide bonds. The molecule has 30 heavy (non-hydrogen) atoms. The summed E-state index contributed by atoms with van der Waals surface area (Å²) >= 11 is 0. The van der Waals surface area contributed by atoms with E-state index < -0.39 is 54.4 Å². The van der Waals surface area contributed by atoms with Crippen molar-refractivity contribution in [3.63, 3.8) is 0 Å². The molecule has 0 aromatic rings. The van der Waals surface area contributed by atoms with Crippen LogP contribution in [-0.4, -0.2) is 89.6 Å². The van der Waals surface area contributed by atoms with Crippen molar-refractivity contribution >= 4 is 11.7 Å². The van der Waals surface area contributed by atoms with Crippen LogP contribution < -0.4 is 5.32 Å². The van der Waals surface area contributed by atoms with E-state index in [1.54, 1.807) is 20.8 Å². The smallest absolute Gasteiger partial charge is 0.352 e. The monoisotopic (exact) mass is 435 g/mol. The minimum Gasteiger partial charge on any atom is -0.462 e. The molecule has 1 aliphatic heterocycles. The van der Waals surface area contributed by atoms with Crippen molar-refractivity contribution < 1.29 is 48.6 Å². The molecule has 1 aliphatic rings. The molecule has 0 aliphatic carbocycles. The van der Waals surface area contributed by atoms with E-state index in [0.29, 0.717) is 0 Å². The van der Waals surface area contributed by atoms with E-state index in [0.717, 1.165) is 6.26 Å². The van der Waals surface area contributed by atoms with Crippen LogP contribution in [0.3, 0.4) is 0 Å². The van der Waals surface area contributed by atoms with Gasteiger partial charge in [-0.1, -0.05) is 6.58 Å². The topological polar surface area (TPSA) is 153 Å². The van der Waals surface area contributed by atoms with Gasteiger partial charge in [0.2, 0.25) is 5.91 Å². The number of rotatable bonds is 13. The Balaban J connectivity index is 3.58. The van der Waals surface area contributed by atoms with Gasteiger partial charge in [-0.3, -0.25) is 9.59 Å². The average molecular weight is 435 g/mol. The summed E-state index contributed by atoms with van der Waals surface area (Å²) in [5, 5.41) is 32.4. The molecule has 1 saturated heterocycles. The molecule has 1 unspecified atom stereocenters. The van der Waals surface area contributed by atoms with E-state index in [4.69, 9.17) is 23.7 Å². The Labute approximate surface area is 175 Å². The van der Waals surface area contributed by atoms with Gasteiger partial charge in [0.25, 0.3) is 5.79 Å². The van der Waals surface area contributed by atoms with Crippen molar-refractivity contribution in [2.45, 2.75) is 70.2 Å². The van der Waals surface area contributed by atoms with Crippen molar-refractivity contribution in [1.29, 1.82) is 0 Å². The summed E-state index contributed by atoms with van der Waals surface area (Å²) in [6.07, 6.45) is -4.17. The molecular weight excluding hydrogens is 402 g/mol. The van der Waals surface area contributed by atoms with Gasteiger partial charge in [-0.25, -0.2) is 0 Å². The molecule has 0 spiro atoms. The van der Waals surface area contributed by atoms with E-state index in [9.17, 15) is 24.9 Å². The fourth-order valence-corrected chi connectivity index (χ4v) is 3.36. The third-order valence-corrected chi connectivity index (χ3v) is 4.43. The fraction of sp³-hybridized carbons (Fsp3) is 0.789. The normalized spacial score (nSPS) is 27.9. The number of hydrogen-bond acceptors (Lipinski definition) is 10. The lowest BCUT2D eigenvalue weighted by atomic mass is 9.88. The summed E-state index contributed by atoms with van der Waals surface area (Å²) in [7, 11) is 0. The van der Waals surface area contributed by atoms with Gasteiger partial charge in [0.15, 0.2) is 5.78 Å². The van der Waals surface area contributed by atoms with Gasteiger partial charge in [0, 0.05) is 33.2 Å². The number of nitrogens with one attached hydrogen (secondary N) is 1. The summed E-state index contributed by atoms with van der Waals surface area (Å²) < 4.78 is 28.7. The molecule has 0 aromatic carbocycles. The first-order chi connectivity index (χ1) is 14.2. The molecule has 11 nitrogen and oxygen atoms in total. The van der Waals surface area contributed by atoms with E-state index in [-0.39, 0.29) is 26.2 Å². The first-order valence-corrected chi connectivity index (χ1v) is 9.83. The zero-order valence-electron chi connectivity index (χ0n) is 17.8. The van der Waals surface area contributed by atoms with E-state index in [1.165, 1.54) is 6.92 Å². The van der Waals surface area contributed by atoms with Crippen molar-refractivity contribution in [2.24, 2.45) is 0 Å². The van der Waals surface area contributed by atoms with Crippen molar-refractivity contribution in [2.75, 3.05) is 26.4 Å². The molecule has 0 bridgehead atoms. The Kier molecular flexibility index (Phi) is 10.3. The number of ether oxygens (including phenoxy) is 5. The molecule has 0 aromatic heterocycles. The van der Waals surface area contributed by atoms with Gasteiger partial charge in [-0.2, -0.15) is 0 Å². The highest BCUT2D eigenvalue weighted by atomic mass is 16.9. The molecule has 1 heterocycles. The van der Waals surface area contributed by atoms with Crippen molar-refractivity contribution in [3.8, 4) is 0 Å². The van der Waals surface area contributed by atoms with Crippen molar-refractivity contribution in [1.82, 2.24) is 5.32 Å². The predicted molar refractivity (Wildman–Crippen MR) is 103 cm³/mol. The molecule has 11 heteroatoms. The zero-order chi connectivity index (χ0) is 22.9. The predicted octanol–water partition coefficient (Wildman–Crippen LogP) is -0.817. The highest BCUT2D eigenvalue weighted by Gasteiger charge is 2.66. The van der Waals surface area contributed by atoms with Crippen LogP contribution in [0.25, 0.3) is 0 Å². The Morgan fingerprint density at radius 2 is 1.80 bits per heavy atom. The van der Waals surface area contributed by atoms with Crippen LogP contribution in [0.2, 0.25) is 0 Å². The standard InChI is InChI=1S/C19H33NO10/c1-6-26-18(19(27-7-2,28-8-3)29-9-4)10-13(23)15(20-12(5)22)17(30-18)16(25)14(24)11-21/h6,13-15,17,21,23-24H,1,7-11H2,2-5H3,(H,20,22)/t13-,14+,15+,17?,18-/m0/s1. The maximum Gasteiger partial charge on any atom is 0.352 e. The van der Waals surface area contributed by atoms with Crippen LogP contribution in [0, 0.1) is 0 Å². The number of Topliss-reactive ketones (excluding diaryl/α,β-unsaturated/α-hetero) is 1. The Hall–Kier alpha value is -1.60. The highest BCUT2D eigenvalue weighted by Crippen LogP contribution is 2.43. The molecule has 174 valence electrons. The lowest BCUT2D eigenvalue weighted by Crippen LogP contribution is -2.72. The van der Waals surface area contributed by atoms with Crippen LogP contribution >= 0.6 is 0 Å². The maximum atomic E-state index is 12.8. The second-order valence-electron chi connectivity index (χ2n) is 6.53. The van der Waals surface area contributed by atoms with Gasteiger partial charge in [-0.05, 0) is 20.8 Å². The third kappa shape index (κ3) is 5.55. The number of aliphatic hydroxyl groups excluding tert-OH is 3. The minimum atomic E-state index is -2.03. The van der Waals surface area contributed by atoms with E-state index >= 15 is 0 Å². The fourth-order valence-electron chi connectivity index (χ4n) is 3.36. The second kappa shape index (κ2) is 11.7. The number of carbonyl (C=O) groups excluding carboxylic acids is 2. The van der Waals surface area contributed by atoms with Gasteiger partial charge >= 0.3 is 5.97 Å². The summed E-state index contributed by atoms with van der Waals surface area (Å²) in [5.74, 6) is -5.56. The molecule has 5 atom stereocenters. The van der Waals surface area contributed by atoms with Crippen molar-refractivity contribution in [3.05, 3.63) is 12.8 Å². The average Bonchev–Trinajstić information content (AvgIpc) is 2.69. The Morgan fingerprint density at radius 3 is 2.20 bits per heavy atom. The lowest BCUT2D eigenvalue weighted by molar-refractivity contribution is -0.502. The number of amides is 1. The second-order valence-corrected chi connectivity index (χ2v) is 6.53. The van der Waals surface area contributed by atoms with Gasteiger partial charge in [0.05, 0.1) is 25.0 Å². The summed E-state index contributed by atoms with van der Waals surface area (Å²) in [6, 6.07) is -1.24. The molecular formula is C19H33NO10. The Morgan fingerprint density at radius 1 is 1.27 bits per heavy atom. The number of carbonyl (C=O) groups is 2. The first-order valence-electron chi connectivity index (χ1n) is 9.83. The highest BCUT2D eigenvalue weighted by molar-refractivity contribution is 5.89. The third-order valence-electron chi connectivity index (χ3n) is 4.43. The summed E-state index contributed by atoms with van der Waals surface area (Å²) in [6.45, 7) is 9.12. The quantitative estimate of drug-likeness (QED) is 0.213. The lowest BCUT2D eigenvalue weighted by Gasteiger charge is -2.52. The summed E-state index contributed by atoms with van der Waals surface area (Å²) in [4.78, 5) is 24.4. The Bertz CT molecular complexity index is 569. The number of aliphatic hydroxyl groups is 3. The van der Waals surface area contributed by atoms with E-state index in [2.05, 4.69) is 11.9 Å². The largest absolute Gasteiger partial charge is 0.462 e. The molecule has 1 fully saturated rings. The van der Waals surface area contributed by atoms with Crippen LogP contribution in [-0.2, 0) is 33.3 Å². The minimum absolute atomic E-state index is 0.0920. The van der Waals surface area contributed by atoms with Gasteiger partial charge in [0.1, 0.15) is 12.2 Å². The van der Waals surface area contributed by atoms with Gasteiger partial charge < -0.3 is 44.3 Å². The first kappa shape index (κ1) is 26.4. The summed E-state index contributed by atoms with van der Waals surface area (Å²) in [5.41, 5.74) is 0. The molecule has 1 rings (SSSR count). The maximum absolute atomic E-state index is 12.8. The molecule has 0 radical (unpaired) electrons. The van der Waals surface area contributed by atoms with Gasteiger partial charge in [-0.15, -0.1) is 0 Å². The SMILES string of the molecule is C=CO[C@@]1(C(OCC)(OCC)OCC)C[C@H](O)[C@@H](NC(C)=O)C(C(=O)[C@H](O)CO)O1. The molecule has 0 saturated carbocycles.